The lowest BCUT2D eigenvalue weighted by atomic mass is 9.97. The lowest BCUT2D eigenvalue weighted by Crippen LogP contribution is -2.22. The van der Waals surface area contributed by atoms with Crippen molar-refractivity contribution in [1.29, 1.82) is 10.5 Å². The average Bonchev–Trinajstić information content (AvgIpc) is 2.78. The zero-order chi connectivity index (χ0) is 24.1. The molecule has 0 aliphatic heterocycles. The summed E-state index contributed by atoms with van der Waals surface area (Å²) in [5.41, 5.74) is 6.77. The molecule has 0 aliphatic carbocycles. The normalized spacial score (nSPS) is 11.2. The Morgan fingerprint density at radius 1 is 1.12 bits per heavy atom. The van der Waals surface area contributed by atoms with E-state index in [4.69, 9.17) is 17.3 Å². The number of anilines is 1. The molecule has 0 amide bonds. The van der Waals surface area contributed by atoms with Gasteiger partial charge in [0.1, 0.15) is 34.3 Å². The number of rotatable bonds is 7. The molecule has 4 N–H and O–H groups in total. The lowest BCUT2D eigenvalue weighted by Gasteiger charge is -2.17. The van der Waals surface area contributed by atoms with E-state index >= 15 is 0 Å². The fourth-order valence-electron chi connectivity index (χ4n) is 3.11. The zero-order valence-corrected chi connectivity index (χ0v) is 18.4. The number of thioether (sulfide) groups is 1. The number of pyridine rings is 1. The number of nitriles is 2. The van der Waals surface area contributed by atoms with Gasteiger partial charge in [-0.15, -0.1) is 0 Å². The van der Waals surface area contributed by atoms with Crippen LogP contribution in [0.1, 0.15) is 27.9 Å². The van der Waals surface area contributed by atoms with Crippen LogP contribution in [0.15, 0.2) is 53.6 Å². The number of halogens is 1. The number of carbonyl (C=O) groups is 2. The van der Waals surface area contributed by atoms with E-state index in [0.717, 1.165) is 11.8 Å². The second-order valence-corrected chi connectivity index (χ2v) is 8.40. The van der Waals surface area contributed by atoms with Crippen LogP contribution in [-0.4, -0.2) is 32.2 Å². The van der Waals surface area contributed by atoms with Crippen LogP contribution in [0.25, 0.3) is 11.1 Å². The summed E-state index contributed by atoms with van der Waals surface area (Å²) in [5, 5.41) is 37.6. The first-order valence-electron chi connectivity index (χ1n) is 9.36. The first kappa shape index (κ1) is 23.6. The fourth-order valence-corrected chi connectivity index (χ4v) is 4.45. The van der Waals surface area contributed by atoms with E-state index in [9.17, 15) is 30.3 Å². The Hall–Kier alpha value is -4.05. The average molecular weight is 479 g/mol. The number of nitrogens with two attached hydrogens (primary N) is 1. The van der Waals surface area contributed by atoms with E-state index in [0.29, 0.717) is 10.6 Å². The predicted octanol–water partition coefficient (Wildman–Crippen LogP) is 4.25. The number of hydrogen-bond acceptors (Lipinski definition) is 8. The van der Waals surface area contributed by atoms with Crippen LogP contribution in [0, 0.1) is 22.7 Å². The van der Waals surface area contributed by atoms with Gasteiger partial charge in [0.2, 0.25) is 0 Å². The van der Waals surface area contributed by atoms with Gasteiger partial charge in [-0.2, -0.15) is 10.5 Å². The van der Waals surface area contributed by atoms with Gasteiger partial charge in [0, 0.05) is 16.1 Å². The summed E-state index contributed by atoms with van der Waals surface area (Å²) in [6.45, 7) is 0. The second kappa shape index (κ2) is 10.0. The third-order valence-electron chi connectivity index (χ3n) is 4.59. The Morgan fingerprint density at radius 3 is 2.36 bits per heavy atom. The molecule has 1 aromatic heterocycles. The third-order valence-corrected chi connectivity index (χ3v) is 6.01. The Balaban J connectivity index is 2.15. The van der Waals surface area contributed by atoms with Crippen LogP contribution in [0.5, 0.6) is 5.75 Å². The Labute approximate surface area is 197 Å². The van der Waals surface area contributed by atoms with Gasteiger partial charge < -0.3 is 15.9 Å². The Bertz CT molecular complexity index is 1330. The summed E-state index contributed by atoms with van der Waals surface area (Å²) in [6.07, 6.45) is -0.552. The molecule has 0 radical (unpaired) electrons. The fraction of sp³-hybridized carbons (Fsp3) is 0.0870. The molecule has 1 unspecified atom stereocenters. The quantitative estimate of drug-likeness (QED) is 0.332. The maximum atomic E-state index is 13.0. The lowest BCUT2D eigenvalue weighted by molar-refractivity contribution is -0.136. The van der Waals surface area contributed by atoms with Crippen molar-refractivity contribution < 1.29 is 19.8 Å². The first-order valence-corrected chi connectivity index (χ1v) is 10.6. The minimum Gasteiger partial charge on any atom is -0.508 e. The largest absolute Gasteiger partial charge is 0.508 e. The number of hydrogen-bond donors (Lipinski definition) is 3. The van der Waals surface area contributed by atoms with E-state index in [-0.39, 0.29) is 38.8 Å². The van der Waals surface area contributed by atoms with Crippen LogP contribution in [0.3, 0.4) is 0 Å². The molecule has 3 rings (SSSR count). The predicted molar refractivity (Wildman–Crippen MR) is 123 cm³/mol. The number of phenols is 1. The molecule has 0 spiro atoms. The van der Waals surface area contributed by atoms with Crippen molar-refractivity contribution in [2.24, 2.45) is 0 Å². The highest BCUT2D eigenvalue weighted by Crippen LogP contribution is 2.38. The van der Waals surface area contributed by atoms with Gasteiger partial charge in [-0.25, -0.2) is 4.98 Å². The van der Waals surface area contributed by atoms with Gasteiger partial charge in [-0.1, -0.05) is 35.5 Å². The van der Waals surface area contributed by atoms with E-state index in [1.165, 1.54) is 24.3 Å². The number of phenolic OH excluding ortho intramolecular Hbond substituents is 1. The summed E-state index contributed by atoms with van der Waals surface area (Å²) in [6, 6.07) is 15.8. The van der Waals surface area contributed by atoms with Gasteiger partial charge in [0.25, 0.3) is 0 Å². The van der Waals surface area contributed by atoms with Gasteiger partial charge in [0.05, 0.1) is 17.2 Å². The van der Waals surface area contributed by atoms with Crippen molar-refractivity contribution in [2.45, 2.75) is 16.7 Å². The number of ketones is 1. The first-order chi connectivity index (χ1) is 15.7. The van der Waals surface area contributed by atoms with E-state index in [1.807, 2.05) is 12.1 Å². The number of aromatic nitrogens is 1. The number of aliphatic carboxylic acids is 1. The number of aromatic hydroxyl groups is 1. The van der Waals surface area contributed by atoms with Gasteiger partial charge in [0.15, 0.2) is 5.78 Å². The zero-order valence-electron chi connectivity index (χ0n) is 16.8. The molecular weight excluding hydrogens is 464 g/mol. The smallest absolute Gasteiger partial charge is 0.304 e. The van der Waals surface area contributed by atoms with Crippen molar-refractivity contribution in [2.75, 3.05) is 5.73 Å². The molecule has 164 valence electrons. The van der Waals surface area contributed by atoms with Gasteiger partial charge in [-0.3, -0.25) is 9.59 Å². The molecule has 0 saturated heterocycles. The second-order valence-electron chi connectivity index (χ2n) is 6.78. The molecular formula is C23H15ClN4O4S. The summed E-state index contributed by atoms with van der Waals surface area (Å²) < 4.78 is 0. The van der Waals surface area contributed by atoms with E-state index in [1.54, 1.807) is 24.3 Å². The molecule has 10 heteroatoms. The van der Waals surface area contributed by atoms with Crippen LogP contribution >= 0.6 is 23.4 Å². The molecule has 2 aromatic carbocycles. The number of carbonyl (C=O) groups excluding carboxylic acids is 1. The molecule has 0 fully saturated rings. The molecule has 3 aromatic rings. The highest BCUT2D eigenvalue weighted by atomic mass is 35.5. The van der Waals surface area contributed by atoms with Gasteiger partial charge >= 0.3 is 5.97 Å². The van der Waals surface area contributed by atoms with Crippen LogP contribution < -0.4 is 5.73 Å². The topological polar surface area (TPSA) is 161 Å². The minimum absolute atomic E-state index is 0.0161. The molecule has 33 heavy (non-hydrogen) atoms. The van der Waals surface area contributed by atoms with E-state index in [2.05, 4.69) is 4.98 Å². The van der Waals surface area contributed by atoms with Crippen molar-refractivity contribution in [3.05, 3.63) is 70.2 Å². The standard InChI is InChI=1S/C23H15ClN4O4S/c24-14-3-1-2-13(8-14)20-16(10-25)22(27)28-23(17(20)11-26)33-18(9-19(30)31)21(32)12-4-6-15(29)7-5-12/h1-8,18,29H,9H2,(H2,27,28)(H,30,31). The summed E-state index contributed by atoms with van der Waals surface area (Å²) in [4.78, 5) is 28.6. The van der Waals surface area contributed by atoms with Crippen LogP contribution in [-0.2, 0) is 4.79 Å². The number of carboxylic acids is 1. The molecule has 1 heterocycles. The Kier molecular flexibility index (Phi) is 7.19. The maximum absolute atomic E-state index is 13.0. The Morgan fingerprint density at radius 2 is 1.79 bits per heavy atom. The highest BCUT2D eigenvalue weighted by molar-refractivity contribution is 8.00. The number of Topliss-reactive ketones (excluding diaryl/α,β-unsaturated/α-hetero) is 1. The SMILES string of the molecule is N#Cc1c(N)nc(SC(CC(=O)O)C(=O)c2ccc(O)cc2)c(C#N)c1-c1cccc(Cl)c1. The summed E-state index contributed by atoms with van der Waals surface area (Å²) >= 11 is 6.85. The molecule has 0 bridgehead atoms. The number of benzene rings is 2. The maximum Gasteiger partial charge on any atom is 0.304 e. The van der Waals surface area contributed by atoms with E-state index < -0.39 is 23.4 Å². The van der Waals surface area contributed by atoms with Crippen molar-refractivity contribution in [1.82, 2.24) is 4.98 Å². The van der Waals surface area contributed by atoms with Crippen molar-refractivity contribution in [3.8, 4) is 29.0 Å². The summed E-state index contributed by atoms with van der Waals surface area (Å²) in [7, 11) is 0. The molecule has 1 atom stereocenters. The van der Waals surface area contributed by atoms with Crippen LogP contribution in [0.4, 0.5) is 5.82 Å². The van der Waals surface area contributed by atoms with Crippen molar-refractivity contribution in [3.63, 3.8) is 0 Å². The minimum atomic E-state index is -1.23. The molecule has 0 aliphatic rings. The van der Waals surface area contributed by atoms with Crippen LogP contribution in [0.2, 0.25) is 5.02 Å². The number of carboxylic acid groups (broad SMARTS) is 1. The third kappa shape index (κ3) is 5.24. The monoisotopic (exact) mass is 478 g/mol. The van der Waals surface area contributed by atoms with Gasteiger partial charge in [-0.05, 0) is 42.0 Å². The number of nitrogen functional groups attached to an aromatic ring is 1. The summed E-state index contributed by atoms with van der Waals surface area (Å²) in [5.74, 6) is -1.97. The molecule has 0 saturated carbocycles. The highest BCUT2D eigenvalue weighted by Gasteiger charge is 2.28. The molecule has 8 nitrogen and oxygen atoms in total. The van der Waals surface area contributed by atoms with Crippen molar-refractivity contribution >= 4 is 40.9 Å². The number of nitrogens with zero attached hydrogens (tertiary/aromatic N) is 3.